The van der Waals surface area contributed by atoms with Gasteiger partial charge in [-0.05, 0) is 0 Å². The molecule has 1 unspecified atom stereocenters. The molecule has 0 aromatic carbocycles. The summed E-state index contributed by atoms with van der Waals surface area (Å²) in [6, 6.07) is -0.821. The first-order chi connectivity index (χ1) is 21.3. The number of hydrogen-bond acceptors (Lipinski definition) is 5. The summed E-state index contributed by atoms with van der Waals surface area (Å²) in [6.45, 7) is 11.6. The van der Waals surface area contributed by atoms with E-state index in [0.717, 1.165) is 33.4 Å². The molecule has 5 aliphatic rings. The molecule has 2 N–H and O–H groups in total. The van der Waals surface area contributed by atoms with Crippen LogP contribution in [-0.2, 0) is 16.0 Å². The molecule has 0 radical (unpaired) electrons. The number of aliphatic imine (C=N–C) groups is 2. The van der Waals surface area contributed by atoms with E-state index in [4.69, 9.17) is 9.98 Å². The first kappa shape index (κ1) is 31.4. The van der Waals surface area contributed by atoms with Crippen molar-refractivity contribution in [1.29, 1.82) is 0 Å². The SMILES string of the molecule is CCC1=C(C)C2=NC1=Cc1c(C)c(CC)c3[n]1[Sn]([F])([F])[N]1C(=C2)C(C)=C(CCC(=O)O)C1CC1=NC(=C3)C(C)=C1CCC(=O)O. The topological polar surface area (TPSA) is 107 Å². The van der Waals surface area contributed by atoms with Crippen LogP contribution in [0.4, 0.5) is 5.73 Å². The van der Waals surface area contributed by atoms with Crippen molar-refractivity contribution < 1.29 is 25.5 Å². The molecule has 236 valence electrons. The molecular formula is C34H38F2N4O4Sn. The number of hydrogen-bond donors (Lipinski definition) is 2. The maximum absolute atomic E-state index is 18.0. The van der Waals surface area contributed by atoms with Crippen LogP contribution in [0.1, 0.15) is 95.7 Å². The number of carboxylic acid groups (broad SMARTS) is 2. The van der Waals surface area contributed by atoms with Crippen LogP contribution in [0.5, 0.6) is 0 Å². The van der Waals surface area contributed by atoms with Crippen LogP contribution < -0.4 is 0 Å². The summed E-state index contributed by atoms with van der Waals surface area (Å²) in [5.41, 5.74) is 10.3. The summed E-state index contributed by atoms with van der Waals surface area (Å²) < 4.78 is 38.6. The Kier molecular flexibility index (Phi) is 7.94. The molecule has 0 amide bonds. The van der Waals surface area contributed by atoms with E-state index in [9.17, 15) is 19.8 Å². The Morgan fingerprint density at radius 3 is 2.18 bits per heavy atom. The normalized spacial score (nSPS) is 21.6. The van der Waals surface area contributed by atoms with Crippen molar-refractivity contribution in [2.75, 3.05) is 0 Å². The van der Waals surface area contributed by atoms with Crippen LogP contribution in [0.25, 0.3) is 12.2 Å². The standard InChI is InChI=1S/C34H40N4O4.2FH.Sn/c1-7-21-17(3)25-13-26-19(5)23(9-11-33(39)40)31(37-26)16-32-24(10-12-34(41)42)20(6)28(38-32)15-30-22(8-2)18(4)27(36-30)14-29(21)35-25;;;/h13-15,31H,7-12,16H2,1-6H3,(H4,35,36,37,38,39,40,41,42);2*1H;/q;;;+4/p-4. The predicted molar refractivity (Wildman–Crippen MR) is 173 cm³/mol. The van der Waals surface area contributed by atoms with Gasteiger partial charge in [-0.15, -0.1) is 0 Å². The van der Waals surface area contributed by atoms with E-state index in [1.54, 1.807) is 12.2 Å². The molecule has 8 nitrogen and oxygen atoms in total. The van der Waals surface area contributed by atoms with Crippen molar-refractivity contribution in [3.63, 3.8) is 0 Å². The Bertz CT molecular complexity index is 1830. The Labute approximate surface area is 267 Å². The molecule has 6 heterocycles. The summed E-state index contributed by atoms with van der Waals surface area (Å²) in [7, 11) is 0. The number of nitrogens with zero attached hydrogens (tertiary/aromatic N) is 4. The predicted octanol–water partition coefficient (Wildman–Crippen LogP) is 7.25. The Hall–Kier alpha value is -3.54. The van der Waals surface area contributed by atoms with Crippen molar-refractivity contribution >= 4 is 55.6 Å². The summed E-state index contributed by atoms with van der Waals surface area (Å²) in [5, 5.41) is 19.2. The van der Waals surface area contributed by atoms with E-state index in [1.807, 2.05) is 47.6 Å². The molecule has 6 rings (SSSR count). The van der Waals surface area contributed by atoms with Crippen LogP contribution >= 0.6 is 0 Å². The Morgan fingerprint density at radius 1 is 0.867 bits per heavy atom. The van der Waals surface area contributed by atoms with Gasteiger partial charge < -0.3 is 0 Å². The first-order valence-electron chi connectivity index (χ1n) is 15.6. The fraction of sp³-hybridized carbons (Fsp3) is 0.412. The summed E-state index contributed by atoms with van der Waals surface area (Å²) in [6.07, 6.45) is 6.85. The molecule has 0 fully saturated rings. The van der Waals surface area contributed by atoms with E-state index in [2.05, 4.69) is 0 Å². The van der Waals surface area contributed by atoms with Crippen molar-refractivity contribution in [2.45, 2.75) is 92.5 Å². The zero-order valence-corrected chi connectivity index (χ0v) is 29.4. The first-order valence-corrected chi connectivity index (χ1v) is 20.3. The van der Waals surface area contributed by atoms with Gasteiger partial charge in [-0.3, -0.25) is 0 Å². The van der Waals surface area contributed by atoms with Gasteiger partial charge in [0, 0.05) is 0 Å². The van der Waals surface area contributed by atoms with Gasteiger partial charge in [0.05, 0.1) is 0 Å². The van der Waals surface area contributed by atoms with E-state index in [-0.39, 0.29) is 32.1 Å². The van der Waals surface area contributed by atoms with E-state index >= 15 is 5.73 Å². The van der Waals surface area contributed by atoms with Gasteiger partial charge in [0.1, 0.15) is 0 Å². The van der Waals surface area contributed by atoms with Gasteiger partial charge >= 0.3 is 269 Å². The number of fused-ring (bicyclic) bond motifs is 2. The third kappa shape index (κ3) is 4.90. The van der Waals surface area contributed by atoms with Crippen LogP contribution in [0.2, 0.25) is 0 Å². The van der Waals surface area contributed by atoms with Crippen molar-refractivity contribution in [1.82, 2.24) is 5.91 Å². The van der Waals surface area contributed by atoms with Crippen LogP contribution in [0, 0.1) is 6.92 Å². The minimum absolute atomic E-state index is 0.104. The molecule has 45 heavy (non-hydrogen) atoms. The molecule has 5 aliphatic heterocycles. The Morgan fingerprint density at radius 2 is 1.53 bits per heavy atom. The number of rotatable bonds is 8. The average Bonchev–Trinajstić information content (AvgIpc) is 3.61. The molecule has 6 bridgehead atoms. The van der Waals surface area contributed by atoms with Crippen molar-refractivity contribution in [3.8, 4) is 0 Å². The summed E-state index contributed by atoms with van der Waals surface area (Å²) >= 11 is -6.66. The third-order valence-corrected chi connectivity index (χ3v) is 16.1. The van der Waals surface area contributed by atoms with Crippen LogP contribution in [0.15, 0.2) is 66.6 Å². The molecule has 11 heteroatoms. The number of carbonyl (C=O) groups is 2. The number of allylic oxidation sites excluding steroid dienone is 6. The second-order valence-electron chi connectivity index (χ2n) is 12.3. The van der Waals surface area contributed by atoms with Gasteiger partial charge in [-0.1, -0.05) is 0 Å². The molecule has 1 atom stereocenters. The number of carboxylic acids is 2. The second-order valence-corrected chi connectivity index (χ2v) is 17.9. The fourth-order valence-corrected chi connectivity index (χ4v) is 14.4. The summed E-state index contributed by atoms with van der Waals surface area (Å²) in [5.74, 6) is -1.93. The van der Waals surface area contributed by atoms with E-state index in [0.29, 0.717) is 63.9 Å². The zero-order valence-electron chi connectivity index (χ0n) is 26.5. The number of aliphatic carboxylic acids is 2. The van der Waals surface area contributed by atoms with E-state index < -0.39 is 38.0 Å². The molecule has 0 aliphatic carbocycles. The number of aromatic nitrogens is 1. The maximum atomic E-state index is 18.0. The van der Waals surface area contributed by atoms with Crippen LogP contribution in [0.3, 0.4) is 0 Å². The van der Waals surface area contributed by atoms with Crippen LogP contribution in [-0.4, -0.2) is 65.6 Å². The van der Waals surface area contributed by atoms with E-state index in [1.165, 1.54) is 5.91 Å². The minimum atomic E-state index is -6.66. The number of halogens is 2. The fourth-order valence-electron chi connectivity index (χ4n) is 7.63. The summed E-state index contributed by atoms with van der Waals surface area (Å²) in [4.78, 5) is 33.4. The molecule has 0 spiro atoms. The molecular weight excluding hydrogens is 685 g/mol. The van der Waals surface area contributed by atoms with Gasteiger partial charge in [0.15, 0.2) is 0 Å². The van der Waals surface area contributed by atoms with Crippen molar-refractivity contribution in [2.24, 2.45) is 9.98 Å². The molecule has 1 aromatic rings. The zero-order chi connectivity index (χ0) is 32.5. The van der Waals surface area contributed by atoms with Gasteiger partial charge in [0.2, 0.25) is 0 Å². The molecule has 0 saturated heterocycles. The van der Waals surface area contributed by atoms with Gasteiger partial charge in [0.25, 0.3) is 0 Å². The Balaban J connectivity index is 1.74. The van der Waals surface area contributed by atoms with Crippen molar-refractivity contribution in [3.05, 3.63) is 79.1 Å². The monoisotopic (exact) mass is 724 g/mol. The van der Waals surface area contributed by atoms with Gasteiger partial charge in [-0.2, -0.15) is 0 Å². The quantitative estimate of drug-likeness (QED) is 0.275. The molecule has 0 saturated carbocycles. The molecule has 1 aromatic heterocycles. The third-order valence-electron chi connectivity index (χ3n) is 9.96. The second kappa shape index (κ2) is 11.4. The average molecular weight is 723 g/mol. The van der Waals surface area contributed by atoms with Gasteiger partial charge in [-0.25, -0.2) is 0 Å².